The lowest BCUT2D eigenvalue weighted by Crippen LogP contribution is -2.27. The molecule has 0 aromatic heterocycles. The minimum atomic E-state index is -0.213. The number of anilines is 1. The lowest BCUT2D eigenvalue weighted by Gasteiger charge is -2.13. The number of carbonyl (C=O) groups is 1. The molecule has 0 aliphatic rings. The van der Waals surface area contributed by atoms with E-state index in [4.69, 9.17) is 21.1 Å². The number of nitrogens with zero attached hydrogens (tertiary/aromatic N) is 1. The van der Waals surface area contributed by atoms with E-state index in [9.17, 15) is 4.79 Å². The highest BCUT2D eigenvalue weighted by Gasteiger charge is 2.07. The van der Waals surface area contributed by atoms with Crippen LogP contribution in [0.2, 0.25) is 5.02 Å². The molecule has 2 aromatic rings. The summed E-state index contributed by atoms with van der Waals surface area (Å²) in [6.07, 6.45) is 2.46. The van der Waals surface area contributed by atoms with Gasteiger partial charge in [0.05, 0.1) is 11.6 Å². The second-order valence-electron chi connectivity index (χ2n) is 5.81. The van der Waals surface area contributed by atoms with Crippen LogP contribution in [0.25, 0.3) is 0 Å². The van der Waals surface area contributed by atoms with Crippen LogP contribution >= 0.6 is 11.6 Å². The van der Waals surface area contributed by atoms with E-state index in [1.807, 2.05) is 24.3 Å². The quantitative estimate of drug-likeness (QED) is 0.686. The van der Waals surface area contributed by atoms with Gasteiger partial charge in [0, 0.05) is 26.2 Å². The molecule has 5 nitrogen and oxygen atoms in total. The van der Waals surface area contributed by atoms with Crippen LogP contribution < -0.4 is 14.8 Å². The van der Waals surface area contributed by atoms with Crippen molar-refractivity contribution >= 4 is 23.3 Å². The van der Waals surface area contributed by atoms with E-state index >= 15 is 0 Å². The Kier molecular flexibility index (Phi) is 7.36. The van der Waals surface area contributed by atoms with E-state index < -0.39 is 0 Å². The maximum Gasteiger partial charge on any atom is 0.321 e. The van der Waals surface area contributed by atoms with E-state index in [1.54, 1.807) is 38.4 Å². The second kappa shape index (κ2) is 9.73. The highest BCUT2D eigenvalue weighted by Crippen LogP contribution is 2.28. The number of hydrogen-bond acceptors (Lipinski definition) is 3. The number of rotatable bonds is 8. The predicted molar refractivity (Wildman–Crippen MR) is 105 cm³/mol. The molecular weight excluding hydrogens is 352 g/mol. The van der Waals surface area contributed by atoms with Gasteiger partial charge < -0.3 is 19.7 Å². The van der Waals surface area contributed by atoms with Gasteiger partial charge in [0.1, 0.15) is 18.1 Å². The molecule has 0 atom stereocenters. The molecule has 0 saturated heterocycles. The van der Waals surface area contributed by atoms with Crippen LogP contribution in [-0.4, -0.2) is 38.2 Å². The Labute approximate surface area is 159 Å². The summed E-state index contributed by atoms with van der Waals surface area (Å²) in [4.78, 5) is 13.1. The fourth-order valence-corrected chi connectivity index (χ4v) is 2.35. The van der Waals surface area contributed by atoms with Gasteiger partial charge in [-0.1, -0.05) is 36.4 Å². The Morgan fingerprint density at radius 3 is 2.54 bits per heavy atom. The van der Waals surface area contributed by atoms with Crippen molar-refractivity contribution in [1.82, 2.24) is 4.90 Å². The highest BCUT2D eigenvalue weighted by molar-refractivity contribution is 6.32. The molecule has 138 valence electrons. The summed E-state index contributed by atoms with van der Waals surface area (Å²) in [7, 11) is 3.35. The number of hydrogen-bond donors (Lipinski definition) is 1. The lowest BCUT2D eigenvalue weighted by molar-refractivity contribution is 0.230. The number of ether oxygens (including phenoxy) is 2. The molecule has 0 spiro atoms. The zero-order chi connectivity index (χ0) is 18.9. The average molecular weight is 375 g/mol. The average Bonchev–Trinajstić information content (AvgIpc) is 2.62. The van der Waals surface area contributed by atoms with Crippen molar-refractivity contribution in [3.05, 3.63) is 65.7 Å². The third-order valence-corrected chi connectivity index (χ3v) is 3.82. The number of halogens is 1. The predicted octanol–water partition coefficient (Wildman–Crippen LogP) is 4.62. The number of carbonyl (C=O) groups excluding carboxylic acids is 1. The molecule has 2 aromatic carbocycles. The van der Waals surface area contributed by atoms with E-state index in [2.05, 4.69) is 11.9 Å². The van der Waals surface area contributed by atoms with E-state index in [0.29, 0.717) is 29.7 Å². The molecule has 26 heavy (non-hydrogen) atoms. The van der Waals surface area contributed by atoms with Crippen LogP contribution in [0.15, 0.2) is 55.1 Å². The molecule has 1 N–H and O–H groups in total. The lowest BCUT2D eigenvalue weighted by atomic mass is 10.1. The summed E-state index contributed by atoms with van der Waals surface area (Å²) >= 11 is 6.23. The van der Waals surface area contributed by atoms with Crippen LogP contribution in [0.3, 0.4) is 0 Å². The zero-order valence-corrected chi connectivity index (χ0v) is 15.8. The fraction of sp³-hybridized carbons (Fsp3) is 0.250. The SMILES string of the molecule is C=CCOc1ccc(CCOc2ccc(NC(=O)N(C)C)cc2Cl)cc1. The molecule has 2 amide bonds. The van der Waals surface area contributed by atoms with Crippen molar-refractivity contribution in [2.24, 2.45) is 0 Å². The monoisotopic (exact) mass is 374 g/mol. The van der Waals surface area contributed by atoms with E-state index in [1.165, 1.54) is 4.90 Å². The first-order chi connectivity index (χ1) is 12.5. The maximum atomic E-state index is 11.6. The van der Waals surface area contributed by atoms with Gasteiger partial charge in [0.15, 0.2) is 0 Å². The first-order valence-corrected chi connectivity index (χ1v) is 8.60. The summed E-state index contributed by atoms with van der Waals surface area (Å²) in [5.41, 5.74) is 1.76. The van der Waals surface area contributed by atoms with Crippen LogP contribution in [0.1, 0.15) is 5.56 Å². The van der Waals surface area contributed by atoms with Gasteiger partial charge >= 0.3 is 6.03 Å². The molecule has 0 unspecified atom stereocenters. The van der Waals surface area contributed by atoms with Crippen LogP contribution in [0.4, 0.5) is 10.5 Å². The summed E-state index contributed by atoms with van der Waals surface area (Å²) < 4.78 is 11.2. The minimum absolute atomic E-state index is 0.213. The maximum absolute atomic E-state index is 11.6. The van der Waals surface area contributed by atoms with E-state index in [-0.39, 0.29) is 6.03 Å². The van der Waals surface area contributed by atoms with Crippen molar-refractivity contribution in [3.63, 3.8) is 0 Å². The van der Waals surface area contributed by atoms with Gasteiger partial charge in [0.2, 0.25) is 0 Å². The molecule has 2 rings (SSSR count). The third kappa shape index (κ3) is 6.01. The summed E-state index contributed by atoms with van der Waals surface area (Å²) in [5, 5.41) is 3.19. The summed E-state index contributed by atoms with van der Waals surface area (Å²) in [5.74, 6) is 1.40. The van der Waals surface area contributed by atoms with Crippen molar-refractivity contribution in [3.8, 4) is 11.5 Å². The molecule has 0 saturated carbocycles. The standard InChI is InChI=1S/C20H23ClN2O3/c1-4-12-25-17-8-5-15(6-9-17)11-13-26-19-10-7-16(14-18(19)21)22-20(24)23(2)3/h4-10,14H,1,11-13H2,2-3H3,(H,22,24). The molecule has 0 fully saturated rings. The first-order valence-electron chi connectivity index (χ1n) is 8.23. The second-order valence-corrected chi connectivity index (χ2v) is 6.22. The Morgan fingerprint density at radius 1 is 1.19 bits per heavy atom. The zero-order valence-electron chi connectivity index (χ0n) is 15.0. The van der Waals surface area contributed by atoms with Crippen LogP contribution in [-0.2, 0) is 6.42 Å². The molecule has 0 bridgehead atoms. The number of urea groups is 1. The van der Waals surface area contributed by atoms with Gasteiger partial charge in [0.25, 0.3) is 0 Å². The van der Waals surface area contributed by atoms with Gasteiger partial charge in [-0.3, -0.25) is 0 Å². The molecule has 6 heteroatoms. The number of benzene rings is 2. The smallest absolute Gasteiger partial charge is 0.321 e. The van der Waals surface area contributed by atoms with Crippen molar-refractivity contribution in [1.29, 1.82) is 0 Å². The molecule has 0 aliphatic carbocycles. The van der Waals surface area contributed by atoms with Gasteiger partial charge in [-0.2, -0.15) is 0 Å². The Balaban J connectivity index is 1.85. The van der Waals surface area contributed by atoms with E-state index in [0.717, 1.165) is 17.7 Å². The van der Waals surface area contributed by atoms with Crippen LogP contribution in [0, 0.1) is 0 Å². The normalized spacial score (nSPS) is 10.1. The summed E-state index contributed by atoms with van der Waals surface area (Å²) in [6, 6.07) is 12.8. The molecule has 0 aliphatic heterocycles. The third-order valence-electron chi connectivity index (χ3n) is 3.53. The van der Waals surface area contributed by atoms with Crippen molar-refractivity contribution in [2.45, 2.75) is 6.42 Å². The number of amides is 2. The Bertz CT molecular complexity index is 745. The summed E-state index contributed by atoms with van der Waals surface area (Å²) in [6.45, 7) is 4.61. The largest absolute Gasteiger partial charge is 0.492 e. The highest BCUT2D eigenvalue weighted by atomic mass is 35.5. The molecule has 0 radical (unpaired) electrons. The molecule has 0 heterocycles. The van der Waals surface area contributed by atoms with Gasteiger partial charge in [-0.05, 0) is 35.9 Å². The fourth-order valence-electron chi connectivity index (χ4n) is 2.12. The minimum Gasteiger partial charge on any atom is -0.492 e. The van der Waals surface area contributed by atoms with Crippen LogP contribution in [0.5, 0.6) is 11.5 Å². The Hall–Kier alpha value is -2.66. The topological polar surface area (TPSA) is 50.8 Å². The van der Waals surface area contributed by atoms with Crippen molar-refractivity contribution < 1.29 is 14.3 Å². The molecular formula is C20H23ClN2O3. The first kappa shape index (κ1) is 19.7. The van der Waals surface area contributed by atoms with Gasteiger partial charge in [-0.15, -0.1) is 0 Å². The Morgan fingerprint density at radius 2 is 1.92 bits per heavy atom. The van der Waals surface area contributed by atoms with Gasteiger partial charge in [-0.25, -0.2) is 4.79 Å². The number of nitrogens with one attached hydrogen (secondary N) is 1. The van der Waals surface area contributed by atoms with Crippen molar-refractivity contribution in [2.75, 3.05) is 32.6 Å².